The van der Waals surface area contributed by atoms with Crippen LogP contribution in [0.3, 0.4) is 0 Å². The van der Waals surface area contributed by atoms with Crippen molar-refractivity contribution in [1.29, 1.82) is 0 Å². The van der Waals surface area contributed by atoms with E-state index < -0.39 is 0 Å². The first kappa shape index (κ1) is 14.8. The summed E-state index contributed by atoms with van der Waals surface area (Å²) in [6.45, 7) is 5.40. The van der Waals surface area contributed by atoms with Gasteiger partial charge in [-0.25, -0.2) is 0 Å². The molecule has 108 valence electrons. The van der Waals surface area contributed by atoms with Gasteiger partial charge in [0.15, 0.2) is 0 Å². The monoisotopic (exact) mass is 294 g/mol. The highest BCUT2D eigenvalue weighted by Crippen LogP contribution is 2.26. The van der Waals surface area contributed by atoms with Gasteiger partial charge in [-0.15, -0.1) is 5.10 Å². The van der Waals surface area contributed by atoms with Gasteiger partial charge < -0.3 is 9.47 Å². The fourth-order valence-electron chi connectivity index (χ4n) is 1.72. The summed E-state index contributed by atoms with van der Waals surface area (Å²) in [4.78, 5) is 0. The Hall–Kier alpha value is -1.60. The zero-order chi connectivity index (χ0) is 14.4. The van der Waals surface area contributed by atoms with E-state index in [1.165, 1.54) is 0 Å². The van der Waals surface area contributed by atoms with Gasteiger partial charge in [0.05, 0.1) is 13.7 Å². The van der Waals surface area contributed by atoms with Crippen LogP contribution in [-0.2, 0) is 4.74 Å². The maximum atomic E-state index is 5.37. The Morgan fingerprint density at radius 3 is 2.95 bits per heavy atom. The van der Waals surface area contributed by atoms with Gasteiger partial charge in [0.1, 0.15) is 11.4 Å². The second-order valence-corrected chi connectivity index (χ2v) is 5.16. The third-order valence-corrected chi connectivity index (χ3v) is 3.55. The first-order valence-electron chi connectivity index (χ1n) is 6.40. The quantitative estimate of drug-likeness (QED) is 0.576. The Morgan fingerprint density at radius 1 is 1.35 bits per heavy atom. The topological polar surface area (TPSA) is 62.1 Å². The highest BCUT2D eigenvalue weighted by molar-refractivity contribution is 7.99. The van der Waals surface area contributed by atoms with Crippen LogP contribution in [0.25, 0.3) is 5.69 Å². The number of hydrogen-bond donors (Lipinski definition) is 0. The molecule has 0 aliphatic heterocycles. The van der Waals surface area contributed by atoms with E-state index in [-0.39, 0.29) is 0 Å². The summed E-state index contributed by atoms with van der Waals surface area (Å²) in [6.07, 6.45) is 0. The Bertz CT molecular complexity index is 559. The van der Waals surface area contributed by atoms with Crippen molar-refractivity contribution in [2.45, 2.75) is 19.0 Å². The molecule has 1 heterocycles. The SMILES string of the molecule is CCOCCSc1nnnn1-c1cc(C)ccc1OC. The van der Waals surface area contributed by atoms with Gasteiger partial charge in [-0.3, -0.25) is 0 Å². The standard InChI is InChI=1S/C13H18N4O2S/c1-4-19-7-8-20-13-14-15-16-17(13)11-9-10(2)5-6-12(11)18-3/h5-6,9H,4,7-8H2,1-3H3. The molecule has 2 aromatic rings. The van der Waals surface area contributed by atoms with Crippen LogP contribution in [0.2, 0.25) is 0 Å². The molecule has 0 radical (unpaired) electrons. The van der Waals surface area contributed by atoms with E-state index in [0.29, 0.717) is 6.61 Å². The minimum absolute atomic E-state index is 0.680. The van der Waals surface area contributed by atoms with Gasteiger partial charge in [-0.1, -0.05) is 17.8 Å². The molecule has 0 amide bonds. The van der Waals surface area contributed by atoms with Crippen molar-refractivity contribution < 1.29 is 9.47 Å². The predicted octanol–water partition coefficient (Wildman–Crippen LogP) is 2.11. The fraction of sp³-hybridized carbons (Fsp3) is 0.462. The molecule has 0 bridgehead atoms. The number of aryl methyl sites for hydroxylation is 1. The molecule has 0 aliphatic carbocycles. The number of benzene rings is 1. The summed E-state index contributed by atoms with van der Waals surface area (Å²) < 4.78 is 12.4. The summed E-state index contributed by atoms with van der Waals surface area (Å²) in [7, 11) is 1.64. The molecule has 0 unspecified atom stereocenters. The van der Waals surface area contributed by atoms with E-state index >= 15 is 0 Å². The lowest BCUT2D eigenvalue weighted by atomic mass is 10.2. The van der Waals surface area contributed by atoms with E-state index in [1.54, 1.807) is 23.6 Å². The van der Waals surface area contributed by atoms with E-state index in [0.717, 1.165) is 34.5 Å². The number of nitrogens with zero attached hydrogens (tertiary/aromatic N) is 4. The van der Waals surface area contributed by atoms with Crippen LogP contribution in [-0.4, -0.2) is 46.3 Å². The van der Waals surface area contributed by atoms with Crippen LogP contribution in [0.5, 0.6) is 5.75 Å². The fourth-order valence-corrected chi connectivity index (χ4v) is 2.46. The van der Waals surface area contributed by atoms with Crippen LogP contribution >= 0.6 is 11.8 Å². The highest BCUT2D eigenvalue weighted by atomic mass is 32.2. The summed E-state index contributed by atoms with van der Waals surface area (Å²) in [5.41, 5.74) is 1.97. The van der Waals surface area contributed by atoms with Gasteiger partial charge in [0, 0.05) is 12.4 Å². The Kier molecular flexibility index (Phi) is 5.37. The first-order valence-corrected chi connectivity index (χ1v) is 7.38. The summed E-state index contributed by atoms with van der Waals surface area (Å²) in [5, 5.41) is 12.6. The maximum Gasteiger partial charge on any atom is 0.214 e. The van der Waals surface area contributed by atoms with Crippen LogP contribution < -0.4 is 4.74 Å². The summed E-state index contributed by atoms with van der Waals surface area (Å²) >= 11 is 1.56. The van der Waals surface area contributed by atoms with E-state index in [9.17, 15) is 0 Å². The van der Waals surface area contributed by atoms with Crippen molar-refractivity contribution in [3.8, 4) is 11.4 Å². The smallest absolute Gasteiger partial charge is 0.214 e. The zero-order valence-corrected chi connectivity index (χ0v) is 12.7. The second kappa shape index (κ2) is 7.25. The molecule has 0 aliphatic rings. The molecule has 0 saturated carbocycles. The largest absolute Gasteiger partial charge is 0.494 e. The molecule has 20 heavy (non-hydrogen) atoms. The zero-order valence-electron chi connectivity index (χ0n) is 11.9. The van der Waals surface area contributed by atoms with E-state index in [2.05, 4.69) is 15.5 Å². The molecule has 1 aromatic heterocycles. The maximum absolute atomic E-state index is 5.37. The number of hydrogen-bond acceptors (Lipinski definition) is 6. The van der Waals surface area contributed by atoms with E-state index in [1.807, 2.05) is 32.0 Å². The third-order valence-electron chi connectivity index (χ3n) is 2.67. The molecule has 0 spiro atoms. The molecule has 0 N–H and O–H groups in total. The molecule has 0 fully saturated rings. The van der Waals surface area contributed by atoms with Gasteiger partial charge in [-0.2, -0.15) is 4.68 Å². The first-order chi connectivity index (χ1) is 9.76. The van der Waals surface area contributed by atoms with Crippen molar-refractivity contribution in [3.05, 3.63) is 23.8 Å². The normalized spacial score (nSPS) is 10.8. The molecule has 2 rings (SSSR count). The predicted molar refractivity (Wildman–Crippen MR) is 77.7 cm³/mol. The van der Waals surface area contributed by atoms with E-state index in [4.69, 9.17) is 9.47 Å². The molecule has 7 heteroatoms. The van der Waals surface area contributed by atoms with Gasteiger partial charge in [-0.05, 0) is 42.0 Å². The number of tetrazole rings is 1. The average Bonchev–Trinajstić information content (AvgIpc) is 2.92. The highest BCUT2D eigenvalue weighted by Gasteiger charge is 2.13. The lowest BCUT2D eigenvalue weighted by Gasteiger charge is -2.10. The van der Waals surface area contributed by atoms with Crippen molar-refractivity contribution in [3.63, 3.8) is 0 Å². The Morgan fingerprint density at radius 2 is 2.20 bits per heavy atom. The summed E-state index contributed by atoms with van der Waals surface area (Å²) in [5.74, 6) is 1.55. The van der Waals surface area contributed by atoms with Gasteiger partial charge in [0.2, 0.25) is 5.16 Å². The van der Waals surface area contributed by atoms with Crippen molar-refractivity contribution in [2.75, 3.05) is 26.1 Å². The molecule has 0 saturated heterocycles. The van der Waals surface area contributed by atoms with Gasteiger partial charge >= 0.3 is 0 Å². The Labute approximate surface area is 122 Å². The van der Waals surface area contributed by atoms with Crippen molar-refractivity contribution in [2.24, 2.45) is 0 Å². The second-order valence-electron chi connectivity index (χ2n) is 4.09. The molecule has 0 atom stereocenters. The molecular formula is C13H18N4O2S. The van der Waals surface area contributed by atoms with Crippen LogP contribution in [0.1, 0.15) is 12.5 Å². The lowest BCUT2D eigenvalue weighted by Crippen LogP contribution is -2.04. The van der Waals surface area contributed by atoms with Crippen LogP contribution in [0.15, 0.2) is 23.4 Å². The minimum Gasteiger partial charge on any atom is -0.494 e. The molecule has 1 aromatic carbocycles. The number of methoxy groups -OCH3 is 1. The van der Waals surface area contributed by atoms with Crippen molar-refractivity contribution >= 4 is 11.8 Å². The number of aromatic nitrogens is 4. The van der Waals surface area contributed by atoms with Crippen molar-refractivity contribution in [1.82, 2.24) is 20.2 Å². The minimum atomic E-state index is 0.680. The molecular weight excluding hydrogens is 276 g/mol. The molecule has 6 nitrogen and oxygen atoms in total. The summed E-state index contributed by atoms with van der Waals surface area (Å²) in [6, 6.07) is 5.91. The van der Waals surface area contributed by atoms with Gasteiger partial charge in [0.25, 0.3) is 0 Å². The third kappa shape index (κ3) is 3.49. The van der Waals surface area contributed by atoms with Crippen LogP contribution in [0.4, 0.5) is 0 Å². The number of rotatable bonds is 7. The number of ether oxygens (including phenoxy) is 2. The average molecular weight is 294 g/mol. The number of thioether (sulfide) groups is 1. The Balaban J connectivity index is 2.21. The van der Waals surface area contributed by atoms with Crippen LogP contribution in [0, 0.1) is 6.92 Å². The lowest BCUT2D eigenvalue weighted by molar-refractivity contribution is 0.164.